The summed E-state index contributed by atoms with van der Waals surface area (Å²) in [6.45, 7) is 12.9. The molecular formula is C26H27B2N5O. The minimum absolute atomic E-state index is 0.214. The van der Waals surface area contributed by atoms with E-state index in [-0.39, 0.29) is 5.56 Å². The lowest BCUT2D eigenvalue weighted by Crippen LogP contribution is -2.51. The Morgan fingerprint density at radius 1 is 1.12 bits per heavy atom. The second kappa shape index (κ2) is 8.72. The summed E-state index contributed by atoms with van der Waals surface area (Å²) in [5.74, 6) is 0.432. The molecule has 0 spiro atoms. The molecule has 6 nitrogen and oxygen atoms in total. The van der Waals surface area contributed by atoms with Crippen molar-refractivity contribution in [3.8, 4) is 6.07 Å². The maximum Gasteiger partial charge on any atom is 0.258 e. The van der Waals surface area contributed by atoms with Crippen LogP contribution in [0.15, 0.2) is 59.5 Å². The van der Waals surface area contributed by atoms with Crippen LogP contribution < -0.4 is 10.5 Å². The molecule has 1 saturated heterocycles. The van der Waals surface area contributed by atoms with Gasteiger partial charge in [0.2, 0.25) is 0 Å². The van der Waals surface area contributed by atoms with Crippen molar-refractivity contribution in [3.05, 3.63) is 82.0 Å². The molecule has 0 atom stereocenters. The first-order chi connectivity index (χ1) is 16.1. The van der Waals surface area contributed by atoms with Crippen LogP contribution >= 0.6 is 0 Å². The molecule has 34 heavy (non-hydrogen) atoms. The predicted molar refractivity (Wildman–Crippen MR) is 138 cm³/mol. The lowest BCUT2D eigenvalue weighted by molar-refractivity contribution is 0.281. The van der Waals surface area contributed by atoms with Gasteiger partial charge in [0.1, 0.15) is 5.82 Å². The van der Waals surface area contributed by atoms with E-state index in [0.29, 0.717) is 41.1 Å². The number of benzene rings is 2. The molecule has 8 heteroatoms. The van der Waals surface area contributed by atoms with Gasteiger partial charge in [-0.1, -0.05) is 37.8 Å². The second-order valence-corrected chi connectivity index (χ2v) is 9.46. The molecule has 1 aliphatic rings. The number of nitriles is 1. The Kier molecular flexibility index (Phi) is 6.07. The zero-order valence-electron chi connectivity index (χ0n) is 19.9. The molecule has 1 aliphatic heterocycles. The van der Waals surface area contributed by atoms with Gasteiger partial charge < -0.3 is 14.8 Å². The first-order valence-corrected chi connectivity index (χ1v) is 11.3. The highest BCUT2D eigenvalue weighted by Gasteiger charge is 2.43. The summed E-state index contributed by atoms with van der Waals surface area (Å²) in [6.07, 6.45) is 0. The van der Waals surface area contributed by atoms with Gasteiger partial charge in [-0.15, -0.1) is 0 Å². The maximum absolute atomic E-state index is 12.8. The topological polar surface area (TPSA) is 76.0 Å². The van der Waals surface area contributed by atoms with E-state index in [1.54, 1.807) is 6.07 Å². The number of hydrogen-bond acceptors (Lipinski definition) is 5. The van der Waals surface area contributed by atoms with E-state index >= 15 is 0 Å². The number of aromatic nitrogens is 2. The number of allylic oxidation sites excluding steroid dienone is 1. The fourth-order valence-electron chi connectivity index (χ4n) is 4.40. The lowest BCUT2D eigenvalue weighted by Gasteiger charge is -2.49. The van der Waals surface area contributed by atoms with Crippen molar-refractivity contribution in [1.82, 2.24) is 14.9 Å². The van der Waals surface area contributed by atoms with Crippen LogP contribution in [-0.2, 0) is 5.41 Å². The van der Waals surface area contributed by atoms with Crippen LogP contribution in [0.25, 0.3) is 10.9 Å². The number of aryl methyl sites for hydroxylation is 1. The van der Waals surface area contributed by atoms with E-state index in [0.717, 1.165) is 24.3 Å². The summed E-state index contributed by atoms with van der Waals surface area (Å²) in [7, 11) is 13.5. The second-order valence-electron chi connectivity index (χ2n) is 9.46. The number of H-pyrrole nitrogens is 1. The average Bonchev–Trinajstić information content (AvgIpc) is 2.84. The lowest BCUT2D eigenvalue weighted by atomic mass is 9.41. The SMILES string of the molecule is [B]C([B])(C(=C)N1CCN(c2ccc(C#N)cc2)CC1)C(C)(C)c1nc2c(C)cccc2c(=O)[nH]1. The van der Waals surface area contributed by atoms with E-state index in [9.17, 15) is 4.79 Å². The Bertz CT molecular complexity index is 1330. The first kappa shape index (κ1) is 23.7. The van der Waals surface area contributed by atoms with Crippen LogP contribution in [-0.4, -0.2) is 56.7 Å². The summed E-state index contributed by atoms with van der Waals surface area (Å²) in [4.78, 5) is 24.8. The molecule has 0 amide bonds. The smallest absolute Gasteiger partial charge is 0.258 e. The van der Waals surface area contributed by atoms with E-state index in [1.807, 2.05) is 57.2 Å². The van der Waals surface area contributed by atoms with Gasteiger partial charge in [0.15, 0.2) is 0 Å². The Balaban J connectivity index is 1.55. The maximum atomic E-state index is 12.8. The number of fused-ring (bicyclic) bond motifs is 1. The Morgan fingerprint density at radius 3 is 2.38 bits per heavy atom. The normalized spacial score (nSPS) is 14.8. The van der Waals surface area contributed by atoms with Crippen molar-refractivity contribution in [1.29, 1.82) is 5.26 Å². The molecule has 1 N–H and O–H groups in total. The fraction of sp³-hybridized carbons (Fsp3) is 0.346. The van der Waals surface area contributed by atoms with E-state index < -0.39 is 10.6 Å². The summed E-state index contributed by atoms with van der Waals surface area (Å²) in [5, 5.41) is 8.20. The molecule has 3 aromatic rings. The number of nitrogens with one attached hydrogen (secondary N) is 1. The van der Waals surface area contributed by atoms with Crippen LogP contribution in [0.4, 0.5) is 5.69 Å². The quantitative estimate of drug-likeness (QED) is 0.609. The molecule has 2 heterocycles. The Labute approximate surface area is 203 Å². The Hall–Kier alpha value is -3.46. The highest BCUT2D eigenvalue weighted by molar-refractivity contribution is 6.43. The van der Waals surface area contributed by atoms with Crippen molar-refractivity contribution in [3.63, 3.8) is 0 Å². The highest BCUT2D eigenvalue weighted by Crippen LogP contribution is 2.47. The van der Waals surface area contributed by atoms with Gasteiger partial charge in [-0.25, -0.2) is 4.98 Å². The third-order valence-electron chi connectivity index (χ3n) is 7.06. The van der Waals surface area contributed by atoms with E-state index in [4.69, 9.17) is 25.9 Å². The summed E-state index contributed by atoms with van der Waals surface area (Å²) < 4.78 is 0. The molecule has 1 aromatic heterocycles. The third-order valence-corrected chi connectivity index (χ3v) is 7.06. The van der Waals surface area contributed by atoms with Crippen LogP contribution in [0.5, 0.6) is 0 Å². The van der Waals surface area contributed by atoms with Gasteiger partial charge in [0.05, 0.1) is 38.2 Å². The van der Waals surface area contributed by atoms with Crippen molar-refractivity contribution >= 4 is 32.3 Å². The molecule has 0 unspecified atom stereocenters. The van der Waals surface area contributed by atoms with Crippen LogP contribution in [0.1, 0.15) is 30.8 Å². The van der Waals surface area contributed by atoms with Crippen LogP contribution in [0.3, 0.4) is 0 Å². The van der Waals surface area contributed by atoms with Gasteiger partial charge >= 0.3 is 0 Å². The molecule has 2 aromatic carbocycles. The van der Waals surface area contributed by atoms with Gasteiger partial charge in [-0.05, 0) is 48.5 Å². The van der Waals surface area contributed by atoms with Crippen LogP contribution in [0, 0.1) is 18.3 Å². The van der Waals surface area contributed by atoms with Gasteiger partial charge in [-0.2, -0.15) is 5.26 Å². The third kappa shape index (κ3) is 4.00. The molecule has 0 bridgehead atoms. The minimum atomic E-state index is -1.35. The van der Waals surface area contributed by atoms with Gasteiger partial charge in [0.25, 0.3) is 5.56 Å². The zero-order valence-corrected chi connectivity index (χ0v) is 19.9. The Morgan fingerprint density at radius 2 is 1.76 bits per heavy atom. The van der Waals surface area contributed by atoms with Crippen molar-refractivity contribution < 1.29 is 0 Å². The first-order valence-electron chi connectivity index (χ1n) is 11.3. The summed E-state index contributed by atoms with van der Waals surface area (Å²) in [6, 6.07) is 15.3. The van der Waals surface area contributed by atoms with Crippen molar-refractivity contribution in [2.24, 2.45) is 0 Å². The number of anilines is 1. The summed E-state index contributed by atoms with van der Waals surface area (Å²) in [5.41, 5.74) is 2.77. The minimum Gasteiger partial charge on any atom is -0.373 e. The zero-order chi connectivity index (χ0) is 24.7. The molecule has 0 aliphatic carbocycles. The predicted octanol–water partition coefficient (Wildman–Crippen LogP) is 3.17. The highest BCUT2D eigenvalue weighted by atomic mass is 16.1. The number of piperazine rings is 1. The molecule has 4 radical (unpaired) electrons. The standard InChI is InChI=1S/C26H27B2N5O/c1-17-6-5-7-21-22(17)30-24(31-23(21)34)25(3,4)26(27,28)18(2)32-12-14-33(15-13-32)20-10-8-19(16-29)9-11-20/h5-11H,2,12-15H2,1,3-4H3,(H,30,31,34). The van der Waals surface area contributed by atoms with Crippen molar-refractivity contribution in [2.45, 2.75) is 31.4 Å². The number of nitrogens with zero attached hydrogens (tertiary/aromatic N) is 4. The number of aromatic amines is 1. The van der Waals surface area contributed by atoms with E-state index in [1.165, 1.54) is 0 Å². The molecule has 1 fully saturated rings. The van der Waals surface area contributed by atoms with E-state index in [2.05, 4.69) is 27.4 Å². The average molecular weight is 447 g/mol. The number of rotatable bonds is 5. The van der Waals surface area contributed by atoms with Crippen molar-refractivity contribution in [2.75, 3.05) is 31.1 Å². The van der Waals surface area contributed by atoms with Gasteiger partial charge in [-0.3, -0.25) is 4.79 Å². The number of para-hydroxylation sites is 1. The monoisotopic (exact) mass is 447 g/mol. The molecule has 168 valence electrons. The molecule has 4 rings (SSSR count). The largest absolute Gasteiger partial charge is 0.373 e. The van der Waals surface area contributed by atoms with Crippen LogP contribution in [0.2, 0.25) is 5.21 Å². The van der Waals surface area contributed by atoms with Gasteiger partial charge in [0, 0.05) is 37.3 Å². The molecule has 0 saturated carbocycles. The number of hydrogen-bond donors (Lipinski definition) is 1. The molecular weight excluding hydrogens is 420 g/mol. The summed E-state index contributed by atoms with van der Waals surface area (Å²) >= 11 is 0. The fourth-order valence-corrected chi connectivity index (χ4v) is 4.40.